The summed E-state index contributed by atoms with van der Waals surface area (Å²) in [5.41, 5.74) is 1.79. The second kappa shape index (κ2) is 5.11. The van der Waals surface area contributed by atoms with Gasteiger partial charge >= 0.3 is 0 Å². The van der Waals surface area contributed by atoms with E-state index in [0.717, 1.165) is 47.5 Å². The predicted molar refractivity (Wildman–Crippen MR) is 103 cm³/mol. The van der Waals surface area contributed by atoms with Crippen LogP contribution in [-0.2, 0) is 23.1 Å². The molecule has 2 bridgehead atoms. The van der Waals surface area contributed by atoms with Crippen molar-refractivity contribution in [1.82, 2.24) is 0 Å². The zero-order valence-corrected chi connectivity index (χ0v) is 16.8. The second-order valence-electron chi connectivity index (χ2n) is 10.4. The van der Waals surface area contributed by atoms with Crippen LogP contribution >= 0.6 is 0 Å². The van der Waals surface area contributed by atoms with Crippen LogP contribution < -0.4 is 4.74 Å². The van der Waals surface area contributed by atoms with Crippen molar-refractivity contribution in [2.24, 2.45) is 11.8 Å². The number of likely N-dealkylation sites (tertiary alicyclic amines) is 1. The molecule has 1 spiro atoms. The Kier molecular flexibility index (Phi) is 3.16. The van der Waals surface area contributed by atoms with Gasteiger partial charge in [0.1, 0.15) is 17.4 Å². The molecular formula is C23H30NO4+. The summed E-state index contributed by atoms with van der Waals surface area (Å²) in [6.45, 7) is 2.15. The van der Waals surface area contributed by atoms with Gasteiger partial charge in [-0.15, -0.1) is 0 Å². The number of carbonyl (C=O) groups is 1. The molecule has 2 saturated carbocycles. The highest BCUT2D eigenvalue weighted by atomic mass is 16.5. The number of hydrogen-bond acceptors (Lipinski definition) is 4. The molecule has 1 aromatic rings. The molecule has 1 saturated heterocycles. The van der Waals surface area contributed by atoms with Gasteiger partial charge in [-0.25, -0.2) is 0 Å². The summed E-state index contributed by atoms with van der Waals surface area (Å²) < 4.78 is 6.40. The van der Waals surface area contributed by atoms with Gasteiger partial charge in [-0.3, -0.25) is 4.79 Å². The van der Waals surface area contributed by atoms with Crippen molar-refractivity contribution in [3.63, 3.8) is 0 Å². The molecule has 1 aliphatic heterocycles. The van der Waals surface area contributed by atoms with Crippen LogP contribution in [-0.4, -0.2) is 59.4 Å². The van der Waals surface area contributed by atoms with Gasteiger partial charge in [0.25, 0.3) is 0 Å². The number of aliphatic hydroxyl groups is 1. The number of aromatic hydroxyl groups is 1. The van der Waals surface area contributed by atoms with Gasteiger partial charge in [-0.1, -0.05) is 0 Å². The monoisotopic (exact) mass is 384 g/mol. The third-order valence-corrected chi connectivity index (χ3v) is 9.14. The molecule has 6 rings (SSSR count). The van der Waals surface area contributed by atoms with Crippen molar-refractivity contribution in [1.29, 1.82) is 0 Å². The van der Waals surface area contributed by atoms with E-state index >= 15 is 0 Å². The molecule has 150 valence electrons. The number of ether oxygens (including phenoxy) is 1. The van der Waals surface area contributed by atoms with Crippen molar-refractivity contribution < 1.29 is 24.2 Å². The lowest BCUT2D eigenvalue weighted by atomic mass is 9.47. The van der Waals surface area contributed by atoms with Crippen molar-refractivity contribution in [2.45, 2.75) is 62.0 Å². The smallest absolute Gasteiger partial charge is 0.161 e. The summed E-state index contributed by atoms with van der Waals surface area (Å²) in [6, 6.07) is 2.10. The van der Waals surface area contributed by atoms with E-state index in [1.54, 1.807) is 7.11 Å². The van der Waals surface area contributed by atoms with Gasteiger partial charge in [0.05, 0.1) is 27.2 Å². The molecule has 0 aromatic heterocycles. The molecule has 28 heavy (non-hydrogen) atoms. The molecule has 5 nitrogen and oxygen atoms in total. The summed E-state index contributed by atoms with van der Waals surface area (Å²) in [6.07, 6.45) is 5.85. The first kappa shape index (κ1) is 17.3. The zero-order chi connectivity index (χ0) is 19.5. The molecule has 0 amide bonds. The minimum Gasteiger partial charge on any atom is -0.504 e. The van der Waals surface area contributed by atoms with E-state index in [1.807, 2.05) is 6.07 Å². The Morgan fingerprint density at radius 3 is 2.79 bits per heavy atom. The van der Waals surface area contributed by atoms with Crippen LogP contribution in [0.1, 0.15) is 48.8 Å². The van der Waals surface area contributed by atoms with E-state index in [-0.39, 0.29) is 23.5 Å². The Hall–Kier alpha value is -1.59. The van der Waals surface area contributed by atoms with Crippen molar-refractivity contribution >= 4 is 5.78 Å². The Morgan fingerprint density at radius 2 is 2.07 bits per heavy atom. The number of phenolic OH excluding ortho intramolecular Hbond substituents is 1. The summed E-state index contributed by atoms with van der Waals surface area (Å²) in [7, 11) is 3.92. The number of quaternary nitrogens is 1. The van der Waals surface area contributed by atoms with Crippen LogP contribution in [0.5, 0.6) is 11.5 Å². The van der Waals surface area contributed by atoms with Crippen LogP contribution in [0, 0.1) is 11.8 Å². The molecule has 2 N–H and O–H groups in total. The van der Waals surface area contributed by atoms with Gasteiger partial charge in [0, 0.05) is 42.1 Å². The van der Waals surface area contributed by atoms with Crippen molar-refractivity contribution in [3.8, 4) is 11.5 Å². The van der Waals surface area contributed by atoms with E-state index in [4.69, 9.17) is 4.74 Å². The number of Topliss-reactive ketones (excluding diaryl/α,β-unsaturated/α-hetero) is 1. The molecule has 1 aromatic carbocycles. The average molecular weight is 384 g/mol. The van der Waals surface area contributed by atoms with E-state index in [2.05, 4.69) is 7.05 Å². The maximum Gasteiger partial charge on any atom is 0.161 e. The Morgan fingerprint density at radius 1 is 1.29 bits per heavy atom. The lowest BCUT2D eigenvalue weighted by Gasteiger charge is -2.65. The quantitative estimate of drug-likeness (QED) is 0.783. The fourth-order valence-electron chi connectivity index (χ4n) is 7.79. The van der Waals surface area contributed by atoms with E-state index in [0.29, 0.717) is 25.0 Å². The number of rotatable bonds is 3. The number of ketones is 1. The van der Waals surface area contributed by atoms with Crippen LogP contribution in [0.15, 0.2) is 6.07 Å². The van der Waals surface area contributed by atoms with Gasteiger partial charge in [-0.2, -0.15) is 0 Å². The maximum absolute atomic E-state index is 13.0. The number of hydrogen-bond donors (Lipinski definition) is 2. The number of carbonyl (C=O) groups excluding carboxylic acids is 1. The van der Waals surface area contributed by atoms with Crippen LogP contribution in [0.4, 0.5) is 0 Å². The summed E-state index contributed by atoms with van der Waals surface area (Å²) in [5.74, 6) is 1.55. The fraction of sp³-hybridized carbons (Fsp3) is 0.696. The topological polar surface area (TPSA) is 66.8 Å². The standard InChI is InChI=1S/C23H29NO4/c1-24(12-13-3-4-13)8-7-22-16-11-15-20(22)14(9-18(28-2)21(15)26)10-19(24)23(22,27)6-5-17(16)25/h9,13,16,19,27H,3-8,10-12H2,1-2H3/p+1/t16-,19+,22+,23+,24+/m0/s1. The lowest BCUT2D eigenvalue weighted by Crippen LogP contribution is -2.79. The highest BCUT2D eigenvalue weighted by Crippen LogP contribution is 2.67. The summed E-state index contributed by atoms with van der Waals surface area (Å²) >= 11 is 0. The predicted octanol–water partition coefficient (Wildman–Crippen LogP) is 2.09. The second-order valence-corrected chi connectivity index (χ2v) is 10.4. The van der Waals surface area contributed by atoms with Crippen molar-refractivity contribution in [2.75, 3.05) is 27.2 Å². The van der Waals surface area contributed by atoms with Gasteiger partial charge < -0.3 is 19.4 Å². The fourth-order valence-corrected chi connectivity index (χ4v) is 7.79. The average Bonchev–Trinajstić information content (AvgIpc) is 3.39. The molecule has 5 heteroatoms. The van der Waals surface area contributed by atoms with Crippen LogP contribution in [0.2, 0.25) is 0 Å². The van der Waals surface area contributed by atoms with E-state index in [9.17, 15) is 15.0 Å². The van der Waals surface area contributed by atoms with Gasteiger partial charge in [0.15, 0.2) is 11.5 Å². The van der Waals surface area contributed by atoms with Gasteiger partial charge in [0.2, 0.25) is 0 Å². The number of nitrogens with zero attached hydrogens (tertiary/aromatic N) is 1. The molecule has 0 unspecified atom stereocenters. The number of benzene rings is 1. The normalized spacial score (nSPS) is 43.0. The third-order valence-electron chi connectivity index (χ3n) is 9.14. The number of piperidine rings is 1. The largest absolute Gasteiger partial charge is 0.504 e. The maximum atomic E-state index is 13.0. The minimum absolute atomic E-state index is 0.116. The SMILES string of the molecule is COc1cc2c3c(c1O)C[C@H]1C(=O)CC[C@@]4(O)[C@@H](C2)[N@@+](C)(CC2CC2)CC[C@]314. The molecule has 5 aliphatic rings. The highest BCUT2D eigenvalue weighted by Gasteiger charge is 2.75. The Labute approximate surface area is 165 Å². The highest BCUT2D eigenvalue weighted by molar-refractivity contribution is 5.88. The zero-order valence-electron chi connectivity index (χ0n) is 16.8. The van der Waals surface area contributed by atoms with Crippen molar-refractivity contribution in [3.05, 3.63) is 22.8 Å². The molecule has 1 heterocycles. The van der Waals surface area contributed by atoms with Crippen LogP contribution in [0.3, 0.4) is 0 Å². The minimum atomic E-state index is -0.854. The Balaban J connectivity index is 1.61. The molecule has 0 radical (unpaired) electrons. The van der Waals surface area contributed by atoms with E-state index < -0.39 is 11.0 Å². The summed E-state index contributed by atoms with van der Waals surface area (Å²) in [4.78, 5) is 13.0. The number of phenols is 1. The van der Waals surface area contributed by atoms with Crippen LogP contribution in [0.25, 0.3) is 0 Å². The molecular weight excluding hydrogens is 354 g/mol. The summed E-state index contributed by atoms with van der Waals surface area (Å²) in [5, 5.41) is 23.2. The molecule has 3 fully saturated rings. The van der Waals surface area contributed by atoms with Gasteiger partial charge in [-0.05, 0) is 42.9 Å². The number of methoxy groups -OCH3 is 1. The Bertz CT molecular complexity index is 908. The third kappa shape index (κ3) is 1.79. The van der Waals surface area contributed by atoms with E-state index in [1.165, 1.54) is 18.4 Å². The first-order chi connectivity index (χ1) is 13.3. The number of likely N-dealkylation sites (N-methyl/N-ethyl adjacent to an activating group) is 1. The lowest BCUT2D eigenvalue weighted by molar-refractivity contribution is -0.950. The first-order valence-corrected chi connectivity index (χ1v) is 10.9. The first-order valence-electron chi connectivity index (χ1n) is 10.9. The molecule has 5 atom stereocenters. The molecule has 4 aliphatic carbocycles.